The van der Waals surface area contributed by atoms with E-state index in [0.29, 0.717) is 0 Å². The number of carbonyl (C=O) groups excluding carboxylic acids is 1. The zero-order chi connectivity index (χ0) is 17.0. The van der Waals surface area contributed by atoms with E-state index in [4.69, 9.17) is 4.74 Å². The number of urea groups is 1. The van der Waals surface area contributed by atoms with Gasteiger partial charge in [0.25, 0.3) is 0 Å². The summed E-state index contributed by atoms with van der Waals surface area (Å²) < 4.78 is 6.08. The first-order valence-corrected chi connectivity index (χ1v) is 9.65. The summed E-state index contributed by atoms with van der Waals surface area (Å²) in [4.78, 5) is 14.9. The van der Waals surface area contributed by atoms with Gasteiger partial charge in [0.2, 0.25) is 0 Å². The van der Waals surface area contributed by atoms with E-state index < -0.39 is 0 Å². The van der Waals surface area contributed by atoms with Crippen LogP contribution in [0.4, 0.5) is 4.79 Å². The quantitative estimate of drug-likeness (QED) is 0.777. The smallest absolute Gasteiger partial charge is 0.315 e. The first-order valence-electron chi connectivity index (χ1n) is 9.65. The first-order chi connectivity index (χ1) is 11.6. The summed E-state index contributed by atoms with van der Waals surface area (Å²) in [5.41, 5.74) is 1.12. The van der Waals surface area contributed by atoms with Crippen molar-refractivity contribution in [2.45, 2.75) is 76.0 Å². The van der Waals surface area contributed by atoms with Crippen molar-refractivity contribution in [2.75, 3.05) is 26.2 Å². The van der Waals surface area contributed by atoms with E-state index in [1.54, 1.807) is 0 Å². The van der Waals surface area contributed by atoms with Crippen LogP contribution in [0.1, 0.15) is 58.3 Å². The predicted octanol–water partition coefficient (Wildman–Crippen LogP) is 2.82. The van der Waals surface area contributed by atoms with Crippen LogP contribution in [0.3, 0.4) is 0 Å². The zero-order valence-corrected chi connectivity index (χ0v) is 15.1. The second kappa shape index (κ2) is 7.87. The molecule has 0 aromatic rings. The monoisotopic (exact) mass is 335 g/mol. The van der Waals surface area contributed by atoms with Crippen molar-refractivity contribution in [3.05, 3.63) is 12.2 Å². The molecule has 3 fully saturated rings. The zero-order valence-electron chi connectivity index (χ0n) is 15.1. The van der Waals surface area contributed by atoms with Crippen molar-refractivity contribution in [3.8, 4) is 0 Å². The second-order valence-corrected chi connectivity index (χ2v) is 7.94. The molecule has 2 N–H and O–H groups in total. The maximum absolute atomic E-state index is 12.4. The minimum absolute atomic E-state index is 0.00574. The van der Waals surface area contributed by atoms with Crippen LogP contribution in [-0.2, 0) is 4.74 Å². The number of hydrogen-bond donors (Lipinski definition) is 2. The highest BCUT2D eigenvalue weighted by molar-refractivity contribution is 5.74. The van der Waals surface area contributed by atoms with Gasteiger partial charge in [-0.2, -0.15) is 0 Å². The van der Waals surface area contributed by atoms with E-state index in [2.05, 4.69) is 29.0 Å². The normalized spacial score (nSPS) is 28.0. The van der Waals surface area contributed by atoms with E-state index in [9.17, 15) is 4.79 Å². The molecule has 2 saturated heterocycles. The highest BCUT2D eigenvalue weighted by atomic mass is 16.5. The molecular weight excluding hydrogens is 302 g/mol. The van der Waals surface area contributed by atoms with Crippen molar-refractivity contribution in [1.82, 2.24) is 15.5 Å². The molecule has 136 valence electrons. The number of nitrogens with one attached hydrogen (secondary N) is 2. The molecule has 1 unspecified atom stereocenters. The summed E-state index contributed by atoms with van der Waals surface area (Å²) in [6, 6.07) is 0.464. The number of carbonyl (C=O) groups is 1. The van der Waals surface area contributed by atoms with Gasteiger partial charge in [-0.05, 0) is 39.0 Å². The largest absolute Gasteiger partial charge is 0.373 e. The van der Waals surface area contributed by atoms with Crippen LogP contribution in [-0.4, -0.2) is 54.9 Å². The summed E-state index contributed by atoms with van der Waals surface area (Å²) >= 11 is 0. The summed E-state index contributed by atoms with van der Waals surface area (Å²) in [6.07, 6.45) is 8.92. The topological polar surface area (TPSA) is 53.6 Å². The standard InChI is InChI=1S/C19H33N3O2/c1-15(2)14-22-11-6-16(7-12-22)20-18(23)21-17-8-13-24-19(17)9-4-3-5-10-19/h16-17H,1,3-14H2,2H3,(H2,20,21,23). The van der Waals surface area contributed by atoms with E-state index in [-0.39, 0.29) is 23.7 Å². The van der Waals surface area contributed by atoms with Gasteiger partial charge in [0.1, 0.15) is 0 Å². The van der Waals surface area contributed by atoms with Crippen LogP contribution in [0.5, 0.6) is 0 Å². The molecule has 0 bridgehead atoms. The van der Waals surface area contributed by atoms with E-state index in [1.807, 2.05) is 0 Å². The van der Waals surface area contributed by atoms with Crippen molar-refractivity contribution >= 4 is 6.03 Å². The van der Waals surface area contributed by atoms with Crippen LogP contribution >= 0.6 is 0 Å². The van der Waals surface area contributed by atoms with Crippen LogP contribution < -0.4 is 10.6 Å². The Balaban J connectivity index is 1.43. The average molecular weight is 335 g/mol. The third kappa shape index (κ3) is 4.31. The molecule has 1 atom stereocenters. The predicted molar refractivity (Wildman–Crippen MR) is 96.1 cm³/mol. The SMILES string of the molecule is C=C(C)CN1CCC(NC(=O)NC2CCOC23CCCCC3)CC1. The molecule has 24 heavy (non-hydrogen) atoms. The third-order valence-electron chi connectivity index (χ3n) is 5.85. The van der Waals surface area contributed by atoms with Crippen molar-refractivity contribution in [3.63, 3.8) is 0 Å². The molecular formula is C19H33N3O2. The molecule has 2 amide bonds. The van der Waals surface area contributed by atoms with Crippen molar-refractivity contribution < 1.29 is 9.53 Å². The fraction of sp³-hybridized carbons (Fsp3) is 0.842. The Morgan fingerprint density at radius 1 is 1.17 bits per heavy atom. The maximum atomic E-state index is 12.4. The Kier molecular flexibility index (Phi) is 5.82. The fourth-order valence-electron chi connectivity index (χ4n) is 4.59. The number of hydrogen-bond acceptors (Lipinski definition) is 3. The second-order valence-electron chi connectivity index (χ2n) is 7.94. The first kappa shape index (κ1) is 17.7. The van der Waals surface area contributed by atoms with Gasteiger partial charge in [-0.25, -0.2) is 4.79 Å². The van der Waals surface area contributed by atoms with Crippen LogP contribution in [0.25, 0.3) is 0 Å². The lowest BCUT2D eigenvalue weighted by molar-refractivity contribution is -0.0368. The van der Waals surface area contributed by atoms with Gasteiger partial charge in [0, 0.05) is 32.3 Å². The van der Waals surface area contributed by atoms with Gasteiger partial charge >= 0.3 is 6.03 Å². The molecule has 1 spiro atoms. The minimum Gasteiger partial charge on any atom is -0.373 e. The number of nitrogens with zero attached hydrogens (tertiary/aromatic N) is 1. The van der Waals surface area contributed by atoms with Gasteiger partial charge in [-0.15, -0.1) is 0 Å². The molecule has 0 radical (unpaired) electrons. The van der Waals surface area contributed by atoms with Crippen LogP contribution in [0, 0.1) is 0 Å². The lowest BCUT2D eigenvalue weighted by Gasteiger charge is -2.38. The minimum atomic E-state index is -0.0829. The van der Waals surface area contributed by atoms with Gasteiger partial charge < -0.3 is 15.4 Å². The van der Waals surface area contributed by atoms with Crippen molar-refractivity contribution in [1.29, 1.82) is 0 Å². The highest BCUT2D eigenvalue weighted by Gasteiger charge is 2.45. The number of ether oxygens (including phenoxy) is 1. The van der Waals surface area contributed by atoms with Gasteiger partial charge in [-0.3, -0.25) is 4.90 Å². The van der Waals surface area contributed by atoms with E-state index >= 15 is 0 Å². The molecule has 2 heterocycles. The molecule has 0 aromatic carbocycles. The molecule has 5 heteroatoms. The van der Waals surface area contributed by atoms with Gasteiger partial charge in [0.15, 0.2) is 0 Å². The molecule has 2 aliphatic heterocycles. The van der Waals surface area contributed by atoms with E-state index in [0.717, 1.165) is 58.3 Å². The number of piperidine rings is 1. The Morgan fingerprint density at radius 2 is 1.88 bits per heavy atom. The Morgan fingerprint density at radius 3 is 2.54 bits per heavy atom. The third-order valence-corrected chi connectivity index (χ3v) is 5.85. The van der Waals surface area contributed by atoms with Crippen molar-refractivity contribution in [2.24, 2.45) is 0 Å². The summed E-state index contributed by atoms with van der Waals surface area (Å²) in [7, 11) is 0. The van der Waals surface area contributed by atoms with Crippen LogP contribution in [0.2, 0.25) is 0 Å². The average Bonchev–Trinajstić information content (AvgIpc) is 2.91. The molecule has 1 aliphatic carbocycles. The lowest BCUT2D eigenvalue weighted by atomic mass is 9.80. The molecule has 0 aromatic heterocycles. The number of amides is 2. The number of rotatable bonds is 4. The molecule has 3 aliphatic rings. The number of likely N-dealkylation sites (tertiary alicyclic amines) is 1. The highest BCUT2D eigenvalue weighted by Crippen LogP contribution is 2.39. The Labute approximate surface area is 146 Å². The Bertz CT molecular complexity index is 452. The lowest BCUT2D eigenvalue weighted by Crippen LogP contribution is -2.55. The molecule has 1 saturated carbocycles. The molecule has 5 nitrogen and oxygen atoms in total. The fourth-order valence-corrected chi connectivity index (χ4v) is 4.59. The summed E-state index contributed by atoms with van der Waals surface area (Å²) in [5.74, 6) is 0. The summed E-state index contributed by atoms with van der Waals surface area (Å²) in [5, 5.41) is 6.41. The maximum Gasteiger partial charge on any atom is 0.315 e. The summed E-state index contributed by atoms with van der Waals surface area (Å²) in [6.45, 7) is 9.88. The van der Waals surface area contributed by atoms with Gasteiger partial charge in [-0.1, -0.05) is 31.4 Å². The van der Waals surface area contributed by atoms with Gasteiger partial charge in [0.05, 0.1) is 11.6 Å². The molecule has 3 rings (SSSR count). The van der Waals surface area contributed by atoms with E-state index in [1.165, 1.54) is 24.8 Å². The van der Waals surface area contributed by atoms with Crippen LogP contribution in [0.15, 0.2) is 12.2 Å². The Hall–Kier alpha value is -1.07.